The Morgan fingerprint density at radius 2 is 1.69 bits per heavy atom. The van der Waals surface area contributed by atoms with E-state index in [1.807, 2.05) is 24.3 Å². The van der Waals surface area contributed by atoms with Crippen LogP contribution in [0, 0.1) is 11.3 Å². The first-order chi connectivity index (χ1) is 12.8. The molecule has 0 bridgehead atoms. The van der Waals surface area contributed by atoms with Crippen LogP contribution in [0.2, 0.25) is 0 Å². The molecule has 0 radical (unpaired) electrons. The maximum atomic E-state index is 9.25. The zero-order valence-electron chi connectivity index (χ0n) is 14.2. The lowest BCUT2D eigenvalue weighted by Crippen LogP contribution is -2.47. The van der Waals surface area contributed by atoms with Gasteiger partial charge in [-0.15, -0.1) is 10.2 Å². The molecule has 0 spiro atoms. The summed E-state index contributed by atoms with van der Waals surface area (Å²) in [6.45, 7) is 3.19. The average Bonchev–Trinajstić information content (AvgIpc) is 2.74. The number of piperazine rings is 1. The van der Waals surface area contributed by atoms with Crippen LogP contribution >= 0.6 is 0 Å². The fourth-order valence-corrected chi connectivity index (χ4v) is 3.05. The molecule has 3 aromatic rings. The van der Waals surface area contributed by atoms with Gasteiger partial charge in [0.2, 0.25) is 0 Å². The number of aromatic nitrogens is 4. The third-order valence-electron chi connectivity index (χ3n) is 4.42. The standard InChI is InChI=1S/C19H17N7/c20-13-15-3-2-8-22-19(15)26-11-9-25(10-12-26)18-6-5-17(23-24-18)16-4-1-7-21-14-16/h1-8,14H,9-12H2. The predicted octanol–water partition coefficient (Wildman–Crippen LogP) is 2.13. The fourth-order valence-electron chi connectivity index (χ4n) is 3.05. The number of nitrogens with zero attached hydrogens (tertiary/aromatic N) is 7. The van der Waals surface area contributed by atoms with Gasteiger partial charge in [0.05, 0.1) is 11.3 Å². The number of nitriles is 1. The van der Waals surface area contributed by atoms with Crippen molar-refractivity contribution in [2.24, 2.45) is 0 Å². The van der Waals surface area contributed by atoms with Crippen LogP contribution in [0.3, 0.4) is 0 Å². The molecule has 0 aliphatic carbocycles. The molecule has 1 saturated heterocycles. The number of anilines is 2. The highest BCUT2D eigenvalue weighted by Crippen LogP contribution is 2.21. The minimum atomic E-state index is 0.613. The lowest BCUT2D eigenvalue weighted by atomic mass is 10.2. The van der Waals surface area contributed by atoms with Crippen molar-refractivity contribution in [2.75, 3.05) is 36.0 Å². The van der Waals surface area contributed by atoms with Gasteiger partial charge in [-0.25, -0.2) is 4.98 Å². The molecule has 26 heavy (non-hydrogen) atoms. The zero-order valence-corrected chi connectivity index (χ0v) is 14.2. The Morgan fingerprint density at radius 3 is 2.38 bits per heavy atom. The van der Waals surface area contributed by atoms with Crippen molar-refractivity contribution in [3.8, 4) is 17.3 Å². The van der Waals surface area contributed by atoms with Gasteiger partial charge in [0.25, 0.3) is 0 Å². The summed E-state index contributed by atoms with van der Waals surface area (Å²) in [5.74, 6) is 1.62. The Labute approximate surface area is 151 Å². The molecule has 7 nitrogen and oxygen atoms in total. The first-order valence-corrected chi connectivity index (χ1v) is 8.44. The fraction of sp³-hybridized carbons (Fsp3) is 0.211. The summed E-state index contributed by atoms with van der Waals surface area (Å²) in [5.41, 5.74) is 2.38. The van der Waals surface area contributed by atoms with Gasteiger partial charge in [-0.2, -0.15) is 5.26 Å². The van der Waals surface area contributed by atoms with Gasteiger partial charge in [0, 0.05) is 50.3 Å². The second-order valence-electron chi connectivity index (χ2n) is 5.98. The Balaban J connectivity index is 1.44. The van der Waals surface area contributed by atoms with Gasteiger partial charge < -0.3 is 9.80 Å². The van der Waals surface area contributed by atoms with Crippen LogP contribution in [0.5, 0.6) is 0 Å². The quantitative estimate of drug-likeness (QED) is 0.720. The molecule has 0 unspecified atom stereocenters. The summed E-state index contributed by atoms with van der Waals surface area (Å²) >= 11 is 0. The van der Waals surface area contributed by atoms with Gasteiger partial charge in [-0.05, 0) is 36.4 Å². The SMILES string of the molecule is N#Cc1cccnc1N1CCN(c2ccc(-c3cccnc3)nn2)CC1. The molecule has 4 heterocycles. The van der Waals surface area contributed by atoms with E-state index in [9.17, 15) is 5.26 Å². The van der Waals surface area contributed by atoms with Crippen LogP contribution < -0.4 is 9.80 Å². The second kappa shape index (κ2) is 7.15. The molecule has 128 valence electrons. The maximum Gasteiger partial charge on any atom is 0.151 e. The van der Waals surface area contributed by atoms with Crippen LogP contribution in [0.15, 0.2) is 55.0 Å². The molecular weight excluding hydrogens is 326 g/mol. The van der Waals surface area contributed by atoms with Crippen molar-refractivity contribution in [1.29, 1.82) is 5.26 Å². The number of pyridine rings is 2. The lowest BCUT2D eigenvalue weighted by molar-refractivity contribution is 0.638. The van der Waals surface area contributed by atoms with Gasteiger partial charge >= 0.3 is 0 Å². The van der Waals surface area contributed by atoms with Crippen molar-refractivity contribution < 1.29 is 0 Å². The minimum absolute atomic E-state index is 0.613. The molecule has 0 saturated carbocycles. The van der Waals surface area contributed by atoms with E-state index < -0.39 is 0 Å². The van der Waals surface area contributed by atoms with Gasteiger partial charge in [-0.1, -0.05) is 0 Å². The van der Waals surface area contributed by atoms with Crippen LogP contribution in [0.1, 0.15) is 5.56 Å². The van der Waals surface area contributed by atoms with Gasteiger partial charge in [0.1, 0.15) is 11.9 Å². The average molecular weight is 343 g/mol. The van der Waals surface area contributed by atoms with E-state index >= 15 is 0 Å². The topological polar surface area (TPSA) is 81.8 Å². The number of hydrogen-bond acceptors (Lipinski definition) is 7. The Bertz CT molecular complexity index is 911. The van der Waals surface area contributed by atoms with Crippen LogP contribution in [0.4, 0.5) is 11.6 Å². The summed E-state index contributed by atoms with van der Waals surface area (Å²) in [6.07, 6.45) is 5.25. The maximum absolute atomic E-state index is 9.25. The van der Waals surface area contributed by atoms with Crippen molar-refractivity contribution in [3.63, 3.8) is 0 Å². The van der Waals surface area contributed by atoms with E-state index in [1.54, 1.807) is 30.7 Å². The van der Waals surface area contributed by atoms with Crippen LogP contribution in [-0.4, -0.2) is 46.3 Å². The van der Waals surface area contributed by atoms with Crippen molar-refractivity contribution in [3.05, 3.63) is 60.6 Å². The van der Waals surface area contributed by atoms with E-state index in [-0.39, 0.29) is 0 Å². The van der Waals surface area contributed by atoms with E-state index in [0.717, 1.165) is 49.1 Å². The highest BCUT2D eigenvalue weighted by Gasteiger charge is 2.21. The van der Waals surface area contributed by atoms with E-state index in [1.165, 1.54) is 0 Å². The van der Waals surface area contributed by atoms with Crippen LogP contribution in [0.25, 0.3) is 11.3 Å². The Morgan fingerprint density at radius 1 is 0.885 bits per heavy atom. The highest BCUT2D eigenvalue weighted by molar-refractivity contribution is 5.59. The lowest BCUT2D eigenvalue weighted by Gasteiger charge is -2.36. The second-order valence-corrected chi connectivity index (χ2v) is 5.98. The molecule has 0 aromatic carbocycles. The molecule has 0 N–H and O–H groups in total. The summed E-state index contributed by atoms with van der Waals surface area (Å²) in [6, 6.07) is 13.6. The molecule has 1 fully saturated rings. The highest BCUT2D eigenvalue weighted by atomic mass is 15.3. The normalized spacial score (nSPS) is 14.1. The molecule has 3 aromatic heterocycles. The first-order valence-electron chi connectivity index (χ1n) is 8.44. The monoisotopic (exact) mass is 343 g/mol. The number of hydrogen-bond donors (Lipinski definition) is 0. The molecule has 0 atom stereocenters. The minimum Gasteiger partial charge on any atom is -0.352 e. The van der Waals surface area contributed by atoms with Gasteiger partial charge in [0.15, 0.2) is 5.82 Å². The summed E-state index contributed by atoms with van der Waals surface area (Å²) in [7, 11) is 0. The summed E-state index contributed by atoms with van der Waals surface area (Å²) in [5, 5.41) is 17.9. The first kappa shape index (κ1) is 16.0. The van der Waals surface area contributed by atoms with Gasteiger partial charge in [-0.3, -0.25) is 4.98 Å². The van der Waals surface area contributed by atoms with Crippen molar-refractivity contribution in [1.82, 2.24) is 20.2 Å². The Hall–Kier alpha value is -3.53. The van der Waals surface area contributed by atoms with Crippen LogP contribution in [-0.2, 0) is 0 Å². The zero-order chi connectivity index (χ0) is 17.8. The summed E-state index contributed by atoms with van der Waals surface area (Å²) < 4.78 is 0. The molecule has 1 aliphatic rings. The molecule has 1 aliphatic heterocycles. The predicted molar refractivity (Wildman–Crippen MR) is 98.6 cm³/mol. The van der Waals surface area contributed by atoms with E-state index in [2.05, 4.69) is 36.0 Å². The summed E-state index contributed by atoms with van der Waals surface area (Å²) in [4.78, 5) is 12.8. The third-order valence-corrected chi connectivity index (χ3v) is 4.42. The smallest absolute Gasteiger partial charge is 0.151 e. The Kier molecular flexibility index (Phi) is 4.39. The molecule has 4 rings (SSSR count). The third kappa shape index (κ3) is 3.17. The largest absolute Gasteiger partial charge is 0.352 e. The van der Waals surface area contributed by atoms with Crippen molar-refractivity contribution >= 4 is 11.6 Å². The van der Waals surface area contributed by atoms with E-state index in [4.69, 9.17) is 0 Å². The number of rotatable bonds is 3. The van der Waals surface area contributed by atoms with E-state index in [0.29, 0.717) is 5.56 Å². The molecular formula is C19H17N7. The molecule has 0 amide bonds. The molecule has 7 heteroatoms. The van der Waals surface area contributed by atoms with Crippen molar-refractivity contribution in [2.45, 2.75) is 0 Å².